The van der Waals surface area contributed by atoms with E-state index in [1.165, 1.54) is 4.90 Å². The summed E-state index contributed by atoms with van der Waals surface area (Å²) in [7, 11) is 1.58. The summed E-state index contributed by atoms with van der Waals surface area (Å²) < 4.78 is 5.51. The zero-order valence-corrected chi connectivity index (χ0v) is 16.2. The van der Waals surface area contributed by atoms with Crippen molar-refractivity contribution >= 4 is 45.7 Å². The van der Waals surface area contributed by atoms with Crippen molar-refractivity contribution in [3.05, 3.63) is 34.7 Å². The van der Waals surface area contributed by atoms with E-state index < -0.39 is 12.0 Å². The first-order valence-electron chi connectivity index (χ1n) is 7.89. The number of methoxy groups -OCH3 is 1. The highest BCUT2D eigenvalue weighted by atomic mass is 32.2. The molecule has 1 atom stereocenters. The quantitative estimate of drug-likeness (QED) is 0.599. The average Bonchev–Trinajstić information content (AvgIpc) is 2.86. The predicted molar refractivity (Wildman–Crippen MR) is 104 cm³/mol. The maximum absolute atomic E-state index is 12.9. The van der Waals surface area contributed by atoms with E-state index in [1.54, 1.807) is 7.11 Å². The third kappa shape index (κ3) is 4.22. The van der Waals surface area contributed by atoms with Gasteiger partial charge in [0.2, 0.25) is 0 Å². The molecule has 134 valence electrons. The Balaban J connectivity index is 2.40. The number of hydrogen-bond donors (Lipinski definition) is 1. The van der Waals surface area contributed by atoms with Gasteiger partial charge in [0.25, 0.3) is 5.91 Å². The Labute approximate surface area is 157 Å². The average molecular weight is 380 g/mol. The summed E-state index contributed by atoms with van der Waals surface area (Å²) in [6.45, 7) is 5.68. The molecule has 0 aliphatic carbocycles. The zero-order valence-electron chi connectivity index (χ0n) is 14.6. The molecular formula is C18H21NO4S2. The summed E-state index contributed by atoms with van der Waals surface area (Å²) in [5.74, 6) is -0.557. The second-order valence-electron chi connectivity index (χ2n) is 6.21. The Morgan fingerprint density at radius 3 is 2.64 bits per heavy atom. The molecular weight excluding hydrogens is 358 g/mol. The number of carboxylic acid groups (broad SMARTS) is 1. The topological polar surface area (TPSA) is 66.8 Å². The summed E-state index contributed by atoms with van der Waals surface area (Å²) >= 11 is 6.46. The van der Waals surface area contributed by atoms with E-state index in [9.17, 15) is 14.7 Å². The van der Waals surface area contributed by atoms with Gasteiger partial charge in [-0.2, -0.15) is 0 Å². The fourth-order valence-electron chi connectivity index (χ4n) is 2.63. The molecule has 7 heteroatoms. The van der Waals surface area contributed by atoms with Gasteiger partial charge in [0.1, 0.15) is 16.1 Å². The largest absolute Gasteiger partial charge is 0.497 e. The lowest BCUT2D eigenvalue weighted by molar-refractivity contribution is -0.145. The molecule has 1 aromatic carbocycles. The van der Waals surface area contributed by atoms with Crippen LogP contribution in [0.2, 0.25) is 0 Å². The number of thioether (sulfide) groups is 1. The van der Waals surface area contributed by atoms with E-state index in [2.05, 4.69) is 0 Å². The van der Waals surface area contributed by atoms with Gasteiger partial charge in [-0.1, -0.05) is 50.0 Å². The van der Waals surface area contributed by atoms with Gasteiger partial charge in [-0.25, -0.2) is 4.79 Å². The van der Waals surface area contributed by atoms with Crippen LogP contribution in [0.3, 0.4) is 0 Å². The number of allylic oxidation sites excluding steroid dienone is 1. The molecule has 0 aromatic heterocycles. The van der Waals surface area contributed by atoms with Gasteiger partial charge in [-0.3, -0.25) is 9.69 Å². The van der Waals surface area contributed by atoms with Gasteiger partial charge in [0, 0.05) is 0 Å². The van der Waals surface area contributed by atoms with Crippen molar-refractivity contribution in [3.8, 4) is 5.75 Å². The number of aliphatic carboxylic acids is 1. The second-order valence-corrected chi connectivity index (χ2v) is 7.86. The number of benzene rings is 1. The van der Waals surface area contributed by atoms with Crippen LogP contribution in [0.5, 0.6) is 5.75 Å². The highest BCUT2D eigenvalue weighted by Gasteiger charge is 2.41. The van der Waals surface area contributed by atoms with Crippen LogP contribution in [0.25, 0.3) is 5.57 Å². The minimum atomic E-state index is -1.04. The molecule has 1 saturated heterocycles. The van der Waals surface area contributed by atoms with Crippen LogP contribution in [0.1, 0.15) is 32.8 Å². The van der Waals surface area contributed by atoms with Crippen molar-refractivity contribution in [2.75, 3.05) is 7.11 Å². The molecule has 1 N–H and O–H groups in total. The Morgan fingerprint density at radius 1 is 1.40 bits per heavy atom. The fraction of sp³-hybridized carbons (Fsp3) is 0.389. The van der Waals surface area contributed by atoms with Crippen LogP contribution in [-0.4, -0.2) is 39.4 Å². The molecule has 1 aliphatic rings. The van der Waals surface area contributed by atoms with Crippen LogP contribution in [0.15, 0.2) is 29.2 Å². The Hall–Kier alpha value is -1.86. The first kappa shape index (κ1) is 19.5. The molecule has 5 nitrogen and oxygen atoms in total. The second kappa shape index (κ2) is 8.01. The van der Waals surface area contributed by atoms with E-state index in [4.69, 9.17) is 17.0 Å². The molecule has 1 amide bonds. The Bertz CT molecular complexity index is 742. The molecule has 1 heterocycles. The first-order chi connectivity index (χ1) is 11.8. The van der Waals surface area contributed by atoms with E-state index >= 15 is 0 Å². The number of carbonyl (C=O) groups excluding carboxylic acids is 1. The number of carbonyl (C=O) groups is 2. The lowest BCUT2D eigenvalue weighted by Crippen LogP contribution is -2.44. The maximum Gasteiger partial charge on any atom is 0.326 e. The van der Waals surface area contributed by atoms with Gasteiger partial charge in [-0.05, 0) is 42.5 Å². The van der Waals surface area contributed by atoms with Crippen LogP contribution in [0, 0.1) is 5.92 Å². The minimum Gasteiger partial charge on any atom is -0.497 e. The van der Waals surface area contributed by atoms with E-state index in [0.29, 0.717) is 17.1 Å². The summed E-state index contributed by atoms with van der Waals surface area (Å²) in [4.78, 5) is 26.2. The van der Waals surface area contributed by atoms with E-state index in [-0.39, 0.29) is 16.1 Å². The Kier molecular flexibility index (Phi) is 6.24. The third-order valence-corrected chi connectivity index (χ3v) is 5.44. The molecule has 1 aliphatic heterocycles. The van der Waals surface area contributed by atoms with E-state index in [0.717, 1.165) is 22.9 Å². The SMILES string of the molecule is COc1cccc(/C(C)=C2\SC(=S)N(C(CC(C)C)C(=O)O)C2=O)c1. The van der Waals surface area contributed by atoms with Gasteiger partial charge < -0.3 is 9.84 Å². The van der Waals surface area contributed by atoms with Crippen molar-refractivity contribution in [1.82, 2.24) is 4.90 Å². The normalized spacial score (nSPS) is 17.9. The zero-order chi connectivity index (χ0) is 18.7. The highest BCUT2D eigenvalue weighted by molar-refractivity contribution is 8.26. The minimum absolute atomic E-state index is 0.134. The van der Waals surface area contributed by atoms with Crippen molar-refractivity contribution in [2.45, 2.75) is 33.2 Å². The van der Waals surface area contributed by atoms with Gasteiger partial charge in [0.15, 0.2) is 0 Å². The number of carboxylic acids is 1. The van der Waals surface area contributed by atoms with Gasteiger partial charge in [-0.15, -0.1) is 0 Å². The van der Waals surface area contributed by atoms with Crippen molar-refractivity contribution in [2.24, 2.45) is 5.92 Å². The predicted octanol–water partition coefficient (Wildman–Crippen LogP) is 3.79. The number of amides is 1. The monoisotopic (exact) mass is 379 g/mol. The molecule has 1 fully saturated rings. The molecule has 0 saturated carbocycles. The molecule has 2 rings (SSSR count). The summed E-state index contributed by atoms with van der Waals surface area (Å²) in [5.41, 5.74) is 1.60. The fourth-order valence-corrected chi connectivity index (χ4v) is 4.03. The van der Waals surface area contributed by atoms with Crippen LogP contribution < -0.4 is 4.74 Å². The Morgan fingerprint density at radius 2 is 2.08 bits per heavy atom. The highest BCUT2D eigenvalue weighted by Crippen LogP contribution is 2.39. The van der Waals surface area contributed by atoms with E-state index in [1.807, 2.05) is 45.0 Å². The molecule has 1 aromatic rings. The molecule has 25 heavy (non-hydrogen) atoms. The number of nitrogens with zero attached hydrogens (tertiary/aromatic N) is 1. The summed E-state index contributed by atoms with van der Waals surface area (Å²) in [5, 5.41) is 9.53. The molecule has 0 bridgehead atoms. The van der Waals surface area contributed by atoms with Crippen LogP contribution >= 0.6 is 24.0 Å². The van der Waals surface area contributed by atoms with Crippen molar-refractivity contribution in [3.63, 3.8) is 0 Å². The third-order valence-electron chi connectivity index (χ3n) is 3.93. The molecule has 0 radical (unpaired) electrons. The lowest BCUT2D eigenvalue weighted by atomic mass is 10.0. The van der Waals surface area contributed by atoms with Crippen LogP contribution in [0.4, 0.5) is 0 Å². The van der Waals surface area contributed by atoms with Gasteiger partial charge in [0.05, 0.1) is 12.0 Å². The number of thiocarbonyl (C=S) groups is 1. The standard InChI is InChI=1S/C18H21NO4S2/c1-10(2)8-14(17(21)22)19-16(20)15(25-18(19)24)11(3)12-6-5-7-13(9-12)23-4/h5-7,9-10,14H,8H2,1-4H3,(H,21,22)/b15-11-. The van der Waals surface area contributed by atoms with Crippen LogP contribution in [-0.2, 0) is 9.59 Å². The number of ether oxygens (including phenoxy) is 1. The molecule has 1 unspecified atom stereocenters. The number of hydrogen-bond acceptors (Lipinski definition) is 5. The number of rotatable bonds is 6. The summed E-state index contributed by atoms with van der Waals surface area (Å²) in [6.07, 6.45) is 0.354. The summed E-state index contributed by atoms with van der Waals surface area (Å²) in [6, 6.07) is 6.45. The first-order valence-corrected chi connectivity index (χ1v) is 9.12. The lowest BCUT2D eigenvalue weighted by Gasteiger charge is -2.24. The van der Waals surface area contributed by atoms with Crippen molar-refractivity contribution in [1.29, 1.82) is 0 Å². The molecule has 0 spiro atoms. The maximum atomic E-state index is 12.9. The van der Waals surface area contributed by atoms with Gasteiger partial charge >= 0.3 is 5.97 Å². The van der Waals surface area contributed by atoms with Crippen molar-refractivity contribution < 1.29 is 19.4 Å². The smallest absolute Gasteiger partial charge is 0.326 e.